The van der Waals surface area contributed by atoms with Gasteiger partial charge in [0.05, 0.1) is 0 Å². The Balaban J connectivity index is 2.00. The van der Waals surface area contributed by atoms with Crippen molar-refractivity contribution in [3.63, 3.8) is 0 Å². The van der Waals surface area contributed by atoms with E-state index in [0.29, 0.717) is 11.9 Å². The molecule has 1 aromatic heterocycles. The lowest BCUT2D eigenvalue weighted by Crippen LogP contribution is -2.01. The van der Waals surface area contributed by atoms with E-state index in [0.717, 1.165) is 12.4 Å². The number of aromatic nitrogens is 2. The van der Waals surface area contributed by atoms with Gasteiger partial charge < -0.3 is 9.84 Å². The molecule has 1 aromatic rings. The summed E-state index contributed by atoms with van der Waals surface area (Å²) in [6, 6.07) is 0.566. The Labute approximate surface area is 90.4 Å². The zero-order valence-corrected chi connectivity index (χ0v) is 9.33. The lowest BCUT2D eigenvalue weighted by atomic mass is 10.00. The van der Waals surface area contributed by atoms with Crippen LogP contribution in [0.3, 0.4) is 0 Å². The first kappa shape index (κ1) is 10.5. The zero-order chi connectivity index (χ0) is 10.5. The molecule has 84 valence electrons. The predicted octanol–water partition coefficient (Wildman–Crippen LogP) is 2.94. The largest absolute Gasteiger partial charge is 0.338 e. The third kappa shape index (κ3) is 2.70. The zero-order valence-electron chi connectivity index (χ0n) is 9.33. The minimum Gasteiger partial charge on any atom is -0.338 e. The van der Waals surface area contributed by atoms with E-state index in [-0.39, 0.29) is 0 Å². The monoisotopic (exact) mass is 209 g/mol. The molecule has 0 bridgehead atoms. The second-order valence-electron chi connectivity index (χ2n) is 4.18. The second kappa shape index (κ2) is 5.14. The van der Waals surface area contributed by atoms with Gasteiger partial charge in [-0.1, -0.05) is 30.8 Å². The Kier molecular flexibility index (Phi) is 3.59. The van der Waals surface area contributed by atoms with Crippen LogP contribution < -0.4 is 5.32 Å². The molecule has 0 spiro atoms. The summed E-state index contributed by atoms with van der Waals surface area (Å²) in [6.45, 7) is 2.85. The highest BCUT2D eigenvalue weighted by molar-refractivity contribution is 5.18. The van der Waals surface area contributed by atoms with Crippen molar-refractivity contribution in [3.8, 4) is 0 Å². The van der Waals surface area contributed by atoms with Crippen LogP contribution >= 0.6 is 0 Å². The molecule has 0 atom stereocenters. The van der Waals surface area contributed by atoms with Gasteiger partial charge in [0, 0.05) is 12.5 Å². The van der Waals surface area contributed by atoms with Crippen LogP contribution in [0.2, 0.25) is 0 Å². The maximum atomic E-state index is 5.13. The standard InChI is InChI=1S/C11H19N3O/c1-2-12-11-13-10(14-15-11)9-7-5-3-4-6-8-9/h9H,2-8H2,1H3,(H,12,13,14). The number of nitrogens with one attached hydrogen (secondary N) is 1. The van der Waals surface area contributed by atoms with Gasteiger partial charge in [-0.2, -0.15) is 4.98 Å². The average molecular weight is 209 g/mol. The van der Waals surface area contributed by atoms with Crippen LogP contribution in [0.25, 0.3) is 0 Å². The van der Waals surface area contributed by atoms with Gasteiger partial charge in [0.25, 0.3) is 0 Å². The fourth-order valence-electron chi connectivity index (χ4n) is 2.16. The molecule has 0 radical (unpaired) electrons. The van der Waals surface area contributed by atoms with Crippen LogP contribution in [-0.2, 0) is 0 Å². The molecule has 2 rings (SSSR count). The Hall–Kier alpha value is -1.06. The molecule has 1 saturated carbocycles. The van der Waals surface area contributed by atoms with Crippen molar-refractivity contribution in [1.82, 2.24) is 10.1 Å². The van der Waals surface area contributed by atoms with Crippen molar-refractivity contribution in [3.05, 3.63) is 5.82 Å². The smallest absolute Gasteiger partial charge is 0.321 e. The molecule has 0 aliphatic heterocycles. The molecule has 0 amide bonds. The topological polar surface area (TPSA) is 51.0 Å². The van der Waals surface area contributed by atoms with Gasteiger partial charge in [0.15, 0.2) is 5.82 Å². The molecule has 4 nitrogen and oxygen atoms in total. The molecule has 0 aromatic carbocycles. The summed E-state index contributed by atoms with van der Waals surface area (Å²) < 4.78 is 5.13. The van der Waals surface area contributed by atoms with E-state index in [1.807, 2.05) is 6.92 Å². The highest BCUT2D eigenvalue weighted by atomic mass is 16.5. The van der Waals surface area contributed by atoms with Gasteiger partial charge in [0.2, 0.25) is 0 Å². The van der Waals surface area contributed by atoms with Gasteiger partial charge in [-0.15, -0.1) is 0 Å². The lowest BCUT2D eigenvalue weighted by Gasteiger charge is -2.07. The van der Waals surface area contributed by atoms with E-state index in [2.05, 4.69) is 15.5 Å². The maximum Gasteiger partial charge on any atom is 0.321 e. The number of hydrogen-bond acceptors (Lipinski definition) is 4. The maximum absolute atomic E-state index is 5.13. The molecule has 1 fully saturated rings. The highest BCUT2D eigenvalue weighted by Gasteiger charge is 2.19. The Bertz CT molecular complexity index is 290. The molecule has 1 aliphatic rings. The molecule has 4 heteroatoms. The van der Waals surface area contributed by atoms with Crippen LogP contribution in [-0.4, -0.2) is 16.7 Å². The predicted molar refractivity (Wildman–Crippen MR) is 58.9 cm³/mol. The first-order valence-electron chi connectivity index (χ1n) is 5.97. The molecular formula is C11H19N3O. The fraction of sp³-hybridized carbons (Fsp3) is 0.818. The van der Waals surface area contributed by atoms with Crippen molar-refractivity contribution < 1.29 is 4.52 Å². The molecule has 15 heavy (non-hydrogen) atoms. The Morgan fingerprint density at radius 2 is 2.00 bits per heavy atom. The van der Waals surface area contributed by atoms with Gasteiger partial charge in [-0.05, 0) is 19.8 Å². The summed E-state index contributed by atoms with van der Waals surface area (Å²) in [5.41, 5.74) is 0. The third-order valence-corrected chi connectivity index (χ3v) is 2.99. The van der Waals surface area contributed by atoms with Gasteiger partial charge in [0.1, 0.15) is 0 Å². The van der Waals surface area contributed by atoms with Gasteiger partial charge in [-0.3, -0.25) is 0 Å². The van der Waals surface area contributed by atoms with Crippen LogP contribution in [0.4, 0.5) is 6.01 Å². The third-order valence-electron chi connectivity index (χ3n) is 2.99. The van der Waals surface area contributed by atoms with Gasteiger partial charge >= 0.3 is 6.01 Å². The summed E-state index contributed by atoms with van der Waals surface area (Å²) in [4.78, 5) is 4.38. The Morgan fingerprint density at radius 1 is 1.27 bits per heavy atom. The quantitative estimate of drug-likeness (QED) is 0.777. The van der Waals surface area contributed by atoms with Crippen LogP contribution in [0.5, 0.6) is 0 Å². The van der Waals surface area contributed by atoms with Crippen LogP contribution in [0.15, 0.2) is 4.52 Å². The normalized spacial score (nSPS) is 18.7. The van der Waals surface area contributed by atoms with E-state index >= 15 is 0 Å². The number of anilines is 1. The first-order chi connectivity index (χ1) is 7.40. The molecule has 0 unspecified atom stereocenters. The highest BCUT2D eigenvalue weighted by Crippen LogP contribution is 2.30. The Morgan fingerprint density at radius 3 is 2.67 bits per heavy atom. The minimum absolute atomic E-state index is 0.517. The van der Waals surface area contributed by atoms with Gasteiger partial charge in [-0.25, -0.2) is 0 Å². The van der Waals surface area contributed by atoms with Crippen LogP contribution in [0, 0.1) is 0 Å². The number of rotatable bonds is 3. The number of hydrogen-bond donors (Lipinski definition) is 1. The van der Waals surface area contributed by atoms with E-state index in [1.54, 1.807) is 0 Å². The minimum atomic E-state index is 0.517. The molecule has 1 N–H and O–H groups in total. The molecule has 1 aliphatic carbocycles. The summed E-state index contributed by atoms with van der Waals surface area (Å²) >= 11 is 0. The molecule has 1 heterocycles. The van der Waals surface area contributed by atoms with Crippen molar-refractivity contribution in [2.75, 3.05) is 11.9 Å². The van der Waals surface area contributed by atoms with Crippen molar-refractivity contribution in [1.29, 1.82) is 0 Å². The van der Waals surface area contributed by atoms with Crippen LogP contribution in [0.1, 0.15) is 57.2 Å². The van der Waals surface area contributed by atoms with Crippen molar-refractivity contribution in [2.24, 2.45) is 0 Å². The summed E-state index contributed by atoms with van der Waals surface area (Å²) in [5.74, 6) is 1.41. The average Bonchev–Trinajstić information content (AvgIpc) is 2.53. The van der Waals surface area contributed by atoms with Crippen molar-refractivity contribution in [2.45, 2.75) is 51.4 Å². The van der Waals surface area contributed by atoms with Crippen molar-refractivity contribution >= 4 is 6.01 Å². The van der Waals surface area contributed by atoms with E-state index in [9.17, 15) is 0 Å². The van der Waals surface area contributed by atoms with E-state index in [4.69, 9.17) is 4.52 Å². The molecule has 0 saturated heterocycles. The van der Waals surface area contributed by atoms with E-state index < -0.39 is 0 Å². The fourth-order valence-corrected chi connectivity index (χ4v) is 2.16. The SMILES string of the molecule is CCNc1nc(C2CCCCCC2)no1. The van der Waals surface area contributed by atoms with E-state index in [1.165, 1.54) is 38.5 Å². The molecular weight excluding hydrogens is 190 g/mol. The second-order valence-corrected chi connectivity index (χ2v) is 4.18. The summed E-state index contributed by atoms with van der Waals surface area (Å²) in [6.07, 6.45) is 7.74. The summed E-state index contributed by atoms with van der Waals surface area (Å²) in [7, 11) is 0. The number of nitrogens with zero attached hydrogens (tertiary/aromatic N) is 2. The lowest BCUT2D eigenvalue weighted by molar-refractivity contribution is 0.410. The first-order valence-corrected chi connectivity index (χ1v) is 5.97. The summed E-state index contributed by atoms with van der Waals surface area (Å²) in [5, 5.41) is 7.09.